The average Bonchev–Trinajstić information content (AvgIpc) is 2.33. The van der Waals surface area contributed by atoms with Crippen LogP contribution in [0.1, 0.15) is 18.1 Å². The van der Waals surface area contributed by atoms with Crippen LogP contribution in [0.15, 0.2) is 48.5 Å². The quantitative estimate of drug-likeness (QED) is 0.606. The lowest BCUT2D eigenvalue weighted by Crippen LogP contribution is -1.84. The van der Waals surface area contributed by atoms with Crippen molar-refractivity contribution in [3.05, 3.63) is 59.7 Å². The topological polar surface area (TPSA) is 46.2 Å². The summed E-state index contributed by atoms with van der Waals surface area (Å²) in [6.45, 7) is 2.04. The standard InChI is InChI=1S/C15H15NO/c1-11(13-4-8-15(17)9-5-13)10-12-2-6-14(16)7-3-12/h2-10,17H,16H2,1H3/b11-10+. The average molecular weight is 225 g/mol. The summed E-state index contributed by atoms with van der Waals surface area (Å²) in [5, 5.41) is 9.23. The molecular weight excluding hydrogens is 210 g/mol. The zero-order valence-corrected chi connectivity index (χ0v) is 9.72. The summed E-state index contributed by atoms with van der Waals surface area (Å²) >= 11 is 0. The molecule has 0 unspecified atom stereocenters. The second kappa shape index (κ2) is 4.74. The number of benzene rings is 2. The number of phenols is 1. The van der Waals surface area contributed by atoms with Gasteiger partial charge in [0.05, 0.1) is 0 Å². The molecule has 0 saturated heterocycles. The molecule has 2 aromatic carbocycles. The van der Waals surface area contributed by atoms with Crippen molar-refractivity contribution in [1.29, 1.82) is 0 Å². The maximum absolute atomic E-state index is 9.23. The Morgan fingerprint density at radius 1 is 1.00 bits per heavy atom. The predicted molar refractivity (Wildman–Crippen MR) is 72.5 cm³/mol. The summed E-state index contributed by atoms with van der Waals surface area (Å²) in [6.07, 6.45) is 2.09. The van der Waals surface area contributed by atoms with Gasteiger partial charge in [0.1, 0.15) is 5.75 Å². The summed E-state index contributed by atoms with van der Waals surface area (Å²) in [4.78, 5) is 0. The second-order valence-corrected chi connectivity index (χ2v) is 4.04. The number of hydrogen-bond acceptors (Lipinski definition) is 2. The van der Waals surface area contributed by atoms with Gasteiger partial charge in [-0.1, -0.05) is 30.3 Å². The first-order valence-corrected chi connectivity index (χ1v) is 5.48. The number of nitrogen functional groups attached to an aromatic ring is 1. The van der Waals surface area contributed by atoms with E-state index in [1.54, 1.807) is 12.1 Å². The highest BCUT2D eigenvalue weighted by Gasteiger charge is 1.96. The van der Waals surface area contributed by atoms with Crippen molar-refractivity contribution in [3.8, 4) is 5.75 Å². The van der Waals surface area contributed by atoms with E-state index in [2.05, 4.69) is 6.08 Å². The van der Waals surface area contributed by atoms with Crippen molar-refractivity contribution < 1.29 is 5.11 Å². The van der Waals surface area contributed by atoms with Gasteiger partial charge in [0.25, 0.3) is 0 Å². The van der Waals surface area contributed by atoms with Crippen molar-refractivity contribution in [1.82, 2.24) is 0 Å². The highest BCUT2D eigenvalue weighted by molar-refractivity contribution is 5.80. The number of aromatic hydroxyl groups is 1. The molecule has 2 rings (SSSR count). The Balaban J connectivity index is 2.27. The molecule has 0 aliphatic carbocycles. The number of hydrogen-bond donors (Lipinski definition) is 2. The SMILES string of the molecule is C/C(=C\c1ccc(N)cc1)c1ccc(O)cc1. The third-order valence-corrected chi connectivity index (χ3v) is 2.64. The van der Waals surface area contributed by atoms with Crippen LogP contribution in [0.25, 0.3) is 11.6 Å². The molecule has 0 aliphatic rings. The Bertz CT molecular complexity index is 524. The molecule has 0 aliphatic heterocycles. The van der Waals surface area contributed by atoms with E-state index >= 15 is 0 Å². The molecule has 0 aromatic heterocycles. The van der Waals surface area contributed by atoms with Gasteiger partial charge in [-0.3, -0.25) is 0 Å². The summed E-state index contributed by atoms with van der Waals surface area (Å²) in [5.74, 6) is 0.286. The van der Waals surface area contributed by atoms with Gasteiger partial charge in [0.2, 0.25) is 0 Å². The van der Waals surface area contributed by atoms with E-state index in [1.165, 1.54) is 0 Å². The zero-order valence-electron chi connectivity index (χ0n) is 9.72. The fraction of sp³-hybridized carbons (Fsp3) is 0.0667. The smallest absolute Gasteiger partial charge is 0.115 e. The molecule has 0 bridgehead atoms. The summed E-state index contributed by atoms with van der Waals surface area (Å²) in [6, 6.07) is 14.9. The third-order valence-electron chi connectivity index (χ3n) is 2.64. The van der Waals surface area contributed by atoms with Crippen LogP contribution in [-0.2, 0) is 0 Å². The lowest BCUT2D eigenvalue weighted by atomic mass is 10.0. The van der Waals surface area contributed by atoms with Gasteiger partial charge in [-0.05, 0) is 47.9 Å². The van der Waals surface area contributed by atoms with E-state index in [0.717, 1.165) is 22.4 Å². The molecule has 0 spiro atoms. The monoisotopic (exact) mass is 225 g/mol. The Kier molecular flexibility index (Phi) is 3.15. The van der Waals surface area contributed by atoms with Crippen molar-refractivity contribution >= 4 is 17.3 Å². The van der Waals surface area contributed by atoms with Crippen LogP contribution in [-0.4, -0.2) is 5.11 Å². The molecule has 17 heavy (non-hydrogen) atoms. The van der Waals surface area contributed by atoms with Crippen LogP contribution in [0, 0.1) is 0 Å². The minimum Gasteiger partial charge on any atom is -0.508 e. The predicted octanol–water partition coefficient (Wildman–Crippen LogP) is 3.53. The molecule has 2 heteroatoms. The van der Waals surface area contributed by atoms with Gasteiger partial charge in [0, 0.05) is 5.69 Å². The first-order chi connectivity index (χ1) is 8.15. The first kappa shape index (κ1) is 11.3. The maximum Gasteiger partial charge on any atom is 0.115 e. The molecule has 3 N–H and O–H groups in total. The van der Waals surface area contributed by atoms with E-state index in [1.807, 2.05) is 43.3 Å². The first-order valence-electron chi connectivity index (χ1n) is 5.48. The van der Waals surface area contributed by atoms with Crippen molar-refractivity contribution in [3.63, 3.8) is 0 Å². The summed E-state index contributed by atoms with van der Waals surface area (Å²) in [7, 11) is 0. The fourth-order valence-electron chi connectivity index (χ4n) is 1.65. The Hall–Kier alpha value is -2.22. The molecule has 0 radical (unpaired) electrons. The molecule has 0 fully saturated rings. The number of anilines is 1. The van der Waals surface area contributed by atoms with Gasteiger partial charge >= 0.3 is 0 Å². The number of phenolic OH excluding ortho intramolecular Hbond substituents is 1. The van der Waals surface area contributed by atoms with E-state index in [0.29, 0.717) is 0 Å². The van der Waals surface area contributed by atoms with Gasteiger partial charge < -0.3 is 10.8 Å². The van der Waals surface area contributed by atoms with Crippen LogP contribution in [0.2, 0.25) is 0 Å². The molecule has 86 valence electrons. The van der Waals surface area contributed by atoms with E-state index < -0.39 is 0 Å². The molecule has 0 amide bonds. The molecule has 0 atom stereocenters. The van der Waals surface area contributed by atoms with Crippen LogP contribution < -0.4 is 5.73 Å². The van der Waals surface area contributed by atoms with Crippen LogP contribution in [0.4, 0.5) is 5.69 Å². The van der Waals surface area contributed by atoms with Crippen LogP contribution in [0.3, 0.4) is 0 Å². The summed E-state index contributed by atoms with van der Waals surface area (Å²) < 4.78 is 0. The van der Waals surface area contributed by atoms with E-state index in [-0.39, 0.29) is 5.75 Å². The lowest BCUT2D eigenvalue weighted by Gasteiger charge is -2.02. The Labute approximate surface area is 101 Å². The van der Waals surface area contributed by atoms with Gasteiger partial charge in [-0.2, -0.15) is 0 Å². The van der Waals surface area contributed by atoms with Gasteiger partial charge in [-0.15, -0.1) is 0 Å². The highest BCUT2D eigenvalue weighted by atomic mass is 16.3. The summed E-state index contributed by atoms with van der Waals surface area (Å²) in [5.41, 5.74) is 9.77. The minimum atomic E-state index is 0.286. The Morgan fingerprint density at radius 2 is 1.59 bits per heavy atom. The second-order valence-electron chi connectivity index (χ2n) is 4.04. The molecule has 0 heterocycles. The Morgan fingerprint density at radius 3 is 2.18 bits per heavy atom. The fourth-order valence-corrected chi connectivity index (χ4v) is 1.65. The molecule has 2 aromatic rings. The normalized spacial score (nSPS) is 11.5. The minimum absolute atomic E-state index is 0.286. The molecular formula is C15H15NO. The van der Waals surface area contributed by atoms with Gasteiger partial charge in [-0.25, -0.2) is 0 Å². The largest absolute Gasteiger partial charge is 0.508 e. The zero-order chi connectivity index (χ0) is 12.3. The van der Waals surface area contributed by atoms with Crippen molar-refractivity contribution in [2.75, 3.05) is 5.73 Å². The van der Waals surface area contributed by atoms with Crippen LogP contribution >= 0.6 is 0 Å². The van der Waals surface area contributed by atoms with E-state index in [4.69, 9.17) is 5.73 Å². The maximum atomic E-state index is 9.23. The third kappa shape index (κ3) is 2.88. The number of rotatable bonds is 2. The van der Waals surface area contributed by atoms with Crippen LogP contribution in [0.5, 0.6) is 5.75 Å². The van der Waals surface area contributed by atoms with Crippen molar-refractivity contribution in [2.45, 2.75) is 6.92 Å². The lowest BCUT2D eigenvalue weighted by molar-refractivity contribution is 0.475. The molecule has 2 nitrogen and oxygen atoms in total. The number of allylic oxidation sites excluding steroid dienone is 1. The van der Waals surface area contributed by atoms with Gasteiger partial charge in [0.15, 0.2) is 0 Å². The van der Waals surface area contributed by atoms with Crippen molar-refractivity contribution in [2.24, 2.45) is 0 Å². The highest BCUT2D eigenvalue weighted by Crippen LogP contribution is 2.20. The molecule has 0 saturated carbocycles. The van der Waals surface area contributed by atoms with E-state index in [9.17, 15) is 5.11 Å². The number of nitrogens with two attached hydrogens (primary N) is 1.